The van der Waals surface area contributed by atoms with Gasteiger partial charge in [0.25, 0.3) is 0 Å². The third kappa shape index (κ3) is 4.32. The largest absolute Gasteiger partial charge is 0.496 e. The number of aromatic nitrogens is 1. The fourth-order valence-electron chi connectivity index (χ4n) is 2.12. The Morgan fingerprint density at radius 3 is 2.85 bits per heavy atom. The first kappa shape index (κ1) is 15.0. The highest BCUT2D eigenvalue weighted by atomic mass is 79.9. The Morgan fingerprint density at radius 1 is 1.30 bits per heavy atom. The highest BCUT2D eigenvalue weighted by Gasteiger charge is 2.07. The molecule has 0 saturated heterocycles. The van der Waals surface area contributed by atoms with Crippen molar-refractivity contribution in [3.05, 3.63) is 58.3 Å². The maximum Gasteiger partial charge on any atom is 0.122 e. The molecule has 1 aromatic heterocycles. The molecule has 3 nitrogen and oxygen atoms in total. The summed E-state index contributed by atoms with van der Waals surface area (Å²) >= 11 is 3.44. The summed E-state index contributed by atoms with van der Waals surface area (Å²) in [6.45, 7) is 2.99. The van der Waals surface area contributed by atoms with E-state index in [1.165, 1.54) is 11.1 Å². The quantitative estimate of drug-likeness (QED) is 0.876. The Morgan fingerprint density at radius 2 is 2.10 bits per heavy atom. The molecular weight excluding hydrogens is 316 g/mol. The van der Waals surface area contributed by atoms with Gasteiger partial charge in [0, 0.05) is 29.5 Å². The van der Waals surface area contributed by atoms with Crippen LogP contribution in [0, 0.1) is 0 Å². The van der Waals surface area contributed by atoms with E-state index < -0.39 is 0 Å². The van der Waals surface area contributed by atoms with Gasteiger partial charge in [0.15, 0.2) is 0 Å². The van der Waals surface area contributed by atoms with Gasteiger partial charge in [0.05, 0.1) is 7.11 Å². The number of ether oxygens (including phenoxy) is 1. The number of benzene rings is 1. The van der Waals surface area contributed by atoms with Crippen molar-refractivity contribution in [2.75, 3.05) is 7.11 Å². The molecule has 4 heteroatoms. The molecule has 0 saturated carbocycles. The molecule has 1 heterocycles. The topological polar surface area (TPSA) is 34.1 Å². The zero-order valence-electron chi connectivity index (χ0n) is 11.8. The minimum Gasteiger partial charge on any atom is -0.496 e. The monoisotopic (exact) mass is 334 g/mol. The third-order valence-electron chi connectivity index (χ3n) is 3.13. The summed E-state index contributed by atoms with van der Waals surface area (Å²) in [6, 6.07) is 10.6. The maximum atomic E-state index is 5.38. The SMILES string of the molecule is COc1ccccc1CC(C)NCc1cncc(Br)c1. The summed E-state index contributed by atoms with van der Waals surface area (Å²) in [5.41, 5.74) is 2.40. The normalized spacial score (nSPS) is 12.2. The van der Waals surface area contributed by atoms with Crippen LogP contribution < -0.4 is 10.1 Å². The van der Waals surface area contributed by atoms with E-state index in [4.69, 9.17) is 4.74 Å². The fourth-order valence-corrected chi connectivity index (χ4v) is 2.53. The maximum absolute atomic E-state index is 5.38. The first-order valence-corrected chi connectivity index (χ1v) is 7.43. The molecule has 20 heavy (non-hydrogen) atoms. The van der Waals surface area contributed by atoms with Gasteiger partial charge in [-0.2, -0.15) is 0 Å². The predicted molar refractivity (Wildman–Crippen MR) is 84.9 cm³/mol. The molecular formula is C16H19BrN2O. The number of nitrogens with one attached hydrogen (secondary N) is 1. The van der Waals surface area contributed by atoms with Gasteiger partial charge in [-0.15, -0.1) is 0 Å². The van der Waals surface area contributed by atoms with Crippen molar-refractivity contribution in [2.24, 2.45) is 0 Å². The second-order valence-corrected chi connectivity index (χ2v) is 5.73. The number of hydrogen-bond donors (Lipinski definition) is 1. The highest BCUT2D eigenvalue weighted by Crippen LogP contribution is 2.19. The van der Waals surface area contributed by atoms with E-state index in [9.17, 15) is 0 Å². The minimum atomic E-state index is 0.366. The van der Waals surface area contributed by atoms with E-state index in [-0.39, 0.29) is 0 Å². The summed E-state index contributed by atoms with van der Waals surface area (Å²) in [7, 11) is 1.71. The highest BCUT2D eigenvalue weighted by molar-refractivity contribution is 9.10. The Labute approximate surface area is 128 Å². The summed E-state index contributed by atoms with van der Waals surface area (Å²) in [5.74, 6) is 0.949. The average molecular weight is 335 g/mol. The molecule has 1 unspecified atom stereocenters. The van der Waals surface area contributed by atoms with E-state index in [1.807, 2.05) is 24.4 Å². The van der Waals surface area contributed by atoms with E-state index in [0.29, 0.717) is 6.04 Å². The second kappa shape index (κ2) is 7.41. The van der Waals surface area contributed by atoms with Crippen LogP contribution >= 0.6 is 15.9 Å². The molecule has 106 valence electrons. The van der Waals surface area contributed by atoms with Gasteiger partial charge in [-0.25, -0.2) is 0 Å². The third-order valence-corrected chi connectivity index (χ3v) is 3.57. The smallest absolute Gasteiger partial charge is 0.122 e. The van der Waals surface area contributed by atoms with Crippen LogP contribution in [-0.4, -0.2) is 18.1 Å². The number of halogens is 1. The summed E-state index contributed by atoms with van der Waals surface area (Å²) in [5, 5.41) is 3.51. The van der Waals surface area contributed by atoms with E-state index in [0.717, 1.165) is 23.2 Å². The lowest BCUT2D eigenvalue weighted by Crippen LogP contribution is -2.27. The average Bonchev–Trinajstić information content (AvgIpc) is 2.46. The molecule has 0 bridgehead atoms. The van der Waals surface area contributed by atoms with Crippen molar-refractivity contribution in [3.8, 4) is 5.75 Å². The van der Waals surface area contributed by atoms with Crippen LogP contribution in [-0.2, 0) is 13.0 Å². The van der Waals surface area contributed by atoms with E-state index in [2.05, 4.69) is 45.3 Å². The van der Waals surface area contributed by atoms with Crippen LogP contribution in [0.3, 0.4) is 0 Å². The lowest BCUT2D eigenvalue weighted by molar-refractivity contribution is 0.406. The number of rotatable bonds is 6. The van der Waals surface area contributed by atoms with Crippen LogP contribution in [0.2, 0.25) is 0 Å². The second-order valence-electron chi connectivity index (χ2n) is 4.81. The molecule has 1 atom stereocenters. The minimum absolute atomic E-state index is 0.366. The van der Waals surface area contributed by atoms with Gasteiger partial charge in [0.1, 0.15) is 5.75 Å². The standard InChI is InChI=1S/C16H19BrN2O/c1-12(7-14-5-3-4-6-16(14)20-2)19-10-13-8-15(17)11-18-9-13/h3-6,8-9,11-12,19H,7,10H2,1-2H3. The summed E-state index contributed by atoms with van der Waals surface area (Å²) in [4.78, 5) is 4.17. The summed E-state index contributed by atoms with van der Waals surface area (Å²) < 4.78 is 6.39. The number of nitrogens with zero attached hydrogens (tertiary/aromatic N) is 1. The van der Waals surface area contributed by atoms with Crippen molar-refractivity contribution in [2.45, 2.75) is 25.9 Å². The Balaban J connectivity index is 1.91. The number of pyridine rings is 1. The van der Waals surface area contributed by atoms with Crippen molar-refractivity contribution in [1.82, 2.24) is 10.3 Å². The van der Waals surface area contributed by atoms with Crippen LogP contribution in [0.15, 0.2) is 47.2 Å². The lowest BCUT2D eigenvalue weighted by Gasteiger charge is -2.16. The number of hydrogen-bond acceptors (Lipinski definition) is 3. The van der Waals surface area contributed by atoms with Crippen LogP contribution in [0.1, 0.15) is 18.1 Å². The molecule has 1 aromatic carbocycles. The fraction of sp³-hybridized carbons (Fsp3) is 0.312. The van der Waals surface area contributed by atoms with Gasteiger partial charge in [0.2, 0.25) is 0 Å². The van der Waals surface area contributed by atoms with Crippen molar-refractivity contribution < 1.29 is 4.74 Å². The Bertz CT molecular complexity index is 560. The zero-order chi connectivity index (χ0) is 14.4. The number of methoxy groups -OCH3 is 1. The van der Waals surface area contributed by atoms with Gasteiger partial charge < -0.3 is 10.1 Å². The molecule has 0 amide bonds. The van der Waals surface area contributed by atoms with Gasteiger partial charge in [-0.3, -0.25) is 4.98 Å². The van der Waals surface area contributed by atoms with Crippen molar-refractivity contribution in [1.29, 1.82) is 0 Å². The number of para-hydroxylation sites is 1. The lowest BCUT2D eigenvalue weighted by atomic mass is 10.1. The molecule has 1 N–H and O–H groups in total. The zero-order valence-corrected chi connectivity index (χ0v) is 13.4. The van der Waals surface area contributed by atoms with Crippen molar-refractivity contribution in [3.63, 3.8) is 0 Å². The molecule has 0 aliphatic heterocycles. The molecule has 2 rings (SSSR count). The molecule has 0 fully saturated rings. The molecule has 0 radical (unpaired) electrons. The predicted octanol–water partition coefficient (Wildman–Crippen LogP) is 3.57. The Kier molecular flexibility index (Phi) is 5.56. The molecule has 2 aromatic rings. The first-order chi connectivity index (χ1) is 9.69. The van der Waals surface area contributed by atoms with E-state index in [1.54, 1.807) is 13.3 Å². The van der Waals surface area contributed by atoms with Gasteiger partial charge in [-0.05, 0) is 52.5 Å². The van der Waals surface area contributed by atoms with Gasteiger partial charge in [-0.1, -0.05) is 18.2 Å². The van der Waals surface area contributed by atoms with Crippen molar-refractivity contribution >= 4 is 15.9 Å². The first-order valence-electron chi connectivity index (χ1n) is 6.63. The summed E-state index contributed by atoms with van der Waals surface area (Å²) in [6.07, 6.45) is 4.61. The Hall–Kier alpha value is -1.39. The van der Waals surface area contributed by atoms with Crippen LogP contribution in [0.25, 0.3) is 0 Å². The molecule has 0 spiro atoms. The molecule has 0 aliphatic rings. The van der Waals surface area contributed by atoms with Crippen LogP contribution in [0.5, 0.6) is 5.75 Å². The molecule has 0 aliphatic carbocycles. The van der Waals surface area contributed by atoms with Crippen LogP contribution in [0.4, 0.5) is 0 Å². The van der Waals surface area contributed by atoms with Gasteiger partial charge >= 0.3 is 0 Å². The van der Waals surface area contributed by atoms with E-state index >= 15 is 0 Å².